The topological polar surface area (TPSA) is 38.9 Å². The van der Waals surface area contributed by atoms with E-state index in [1.165, 1.54) is 16.3 Å². The SMILES string of the molecule is Cc1cc(C)n(-c2ccc3c(c2)N(c2ccc4c5ccccc5n(-c5ccccn5)c4c2)c2ccccc2C=C3)n1. The number of aromatic nitrogens is 4. The Kier molecular flexibility index (Phi) is 5.19. The van der Waals surface area contributed by atoms with E-state index in [0.717, 1.165) is 56.6 Å². The summed E-state index contributed by atoms with van der Waals surface area (Å²) in [7, 11) is 0. The fourth-order valence-corrected chi connectivity index (χ4v) is 6.14. The number of benzene rings is 4. The zero-order chi connectivity index (χ0) is 27.5. The van der Waals surface area contributed by atoms with Gasteiger partial charge in [-0.15, -0.1) is 0 Å². The van der Waals surface area contributed by atoms with Crippen molar-refractivity contribution in [1.29, 1.82) is 0 Å². The maximum Gasteiger partial charge on any atom is 0.137 e. The van der Waals surface area contributed by atoms with Crippen molar-refractivity contribution in [2.24, 2.45) is 0 Å². The van der Waals surface area contributed by atoms with Crippen LogP contribution in [0.2, 0.25) is 0 Å². The molecule has 4 aromatic carbocycles. The molecule has 0 saturated heterocycles. The third-order valence-electron chi connectivity index (χ3n) is 7.92. The van der Waals surface area contributed by atoms with E-state index in [1.807, 2.05) is 29.9 Å². The summed E-state index contributed by atoms with van der Waals surface area (Å²) < 4.78 is 4.29. The molecule has 0 N–H and O–H groups in total. The molecule has 1 aliphatic heterocycles. The van der Waals surface area contributed by atoms with Gasteiger partial charge in [-0.3, -0.25) is 4.57 Å². The summed E-state index contributed by atoms with van der Waals surface area (Å²) in [6.45, 7) is 4.14. The number of para-hydroxylation sites is 2. The van der Waals surface area contributed by atoms with Crippen LogP contribution in [-0.2, 0) is 0 Å². The Hall–Kier alpha value is -5.42. The van der Waals surface area contributed by atoms with Gasteiger partial charge in [-0.2, -0.15) is 5.10 Å². The predicted octanol–water partition coefficient (Wildman–Crippen LogP) is 8.93. The van der Waals surface area contributed by atoms with Crippen LogP contribution < -0.4 is 4.90 Å². The molecule has 196 valence electrons. The van der Waals surface area contributed by atoms with E-state index in [0.29, 0.717) is 0 Å². The maximum absolute atomic E-state index is 4.78. The van der Waals surface area contributed by atoms with E-state index in [9.17, 15) is 0 Å². The van der Waals surface area contributed by atoms with Crippen LogP contribution in [0.5, 0.6) is 0 Å². The van der Waals surface area contributed by atoms with Crippen molar-refractivity contribution >= 4 is 51.0 Å². The zero-order valence-corrected chi connectivity index (χ0v) is 22.9. The molecular formula is C36H27N5. The van der Waals surface area contributed by atoms with E-state index in [2.05, 4.69) is 126 Å². The van der Waals surface area contributed by atoms with Crippen molar-refractivity contribution in [3.8, 4) is 11.5 Å². The second-order valence-electron chi connectivity index (χ2n) is 10.6. The van der Waals surface area contributed by atoms with Crippen LogP contribution in [0.15, 0.2) is 115 Å². The Morgan fingerprint density at radius 2 is 1.34 bits per heavy atom. The highest BCUT2D eigenvalue weighted by Gasteiger charge is 2.23. The summed E-state index contributed by atoms with van der Waals surface area (Å²) in [6, 6.07) is 38.7. The normalized spacial score (nSPS) is 12.5. The molecule has 0 spiro atoms. The Balaban J connectivity index is 1.41. The molecule has 7 aromatic rings. The molecule has 4 heterocycles. The van der Waals surface area contributed by atoms with Gasteiger partial charge in [-0.1, -0.05) is 66.7 Å². The highest BCUT2D eigenvalue weighted by molar-refractivity contribution is 6.10. The molecule has 5 heteroatoms. The minimum Gasteiger partial charge on any atom is -0.309 e. The van der Waals surface area contributed by atoms with Crippen molar-refractivity contribution < 1.29 is 0 Å². The van der Waals surface area contributed by atoms with Crippen LogP contribution in [0.1, 0.15) is 22.5 Å². The minimum absolute atomic E-state index is 0.904. The summed E-state index contributed by atoms with van der Waals surface area (Å²) in [5.41, 5.74) is 11.1. The van der Waals surface area contributed by atoms with Crippen molar-refractivity contribution in [1.82, 2.24) is 19.3 Å². The van der Waals surface area contributed by atoms with Crippen LogP contribution >= 0.6 is 0 Å². The van der Waals surface area contributed by atoms with Crippen LogP contribution in [-0.4, -0.2) is 19.3 Å². The van der Waals surface area contributed by atoms with E-state index in [4.69, 9.17) is 10.1 Å². The summed E-state index contributed by atoms with van der Waals surface area (Å²) in [4.78, 5) is 7.11. The zero-order valence-electron chi connectivity index (χ0n) is 22.9. The number of anilines is 3. The van der Waals surface area contributed by atoms with Gasteiger partial charge in [0.2, 0.25) is 0 Å². The fourth-order valence-electron chi connectivity index (χ4n) is 6.14. The lowest BCUT2D eigenvalue weighted by Gasteiger charge is -2.28. The Morgan fingerprint density at radius 3 is 2.17 bits per heavy atom. The first-order valence-corrected chi connectivity index (χ1v) is 13.9. The van der Waals surface area contributed by atoms with Crippen LogP contribution in [0.3, 0.4) is 0 Å². The van der Waals surface area contributed by atoms with Crippen molar-refractivity contribution in [3.63, 3.8) is 0 Å². The Morgan fingerprint density at radius 1 is 0.585 bits per heavy atom. The highest BCUT2D eigenvalue weighted by atomic mass is 15.3. The standard InChI is InChI=1S/C36H27N5/c1-24-21-25(2)41(38-24)29-17-16-27-15-14-26-9-3-5-11-32(26)39(34(27)23-29)28-18-19-31-30-10-4-6-12-33(30)40(35(31)22-28)36-13-7-8-20-37-36/h3-23H,1-2H3. The number of pyridine rings is 1. The second kappa shape index (κ2) is 9.07. The van der Waals surface area contributed by atoms with Crippen LogP contribution in [0, 0.1) is 13.8 Å². The molecule has 0 atom stereocenters. The summed E-state index contributed by atoms with van der Waals surface area (Å²) >= 11 is 0. The summed E-state index contributed by atoms with van der Waals surface area (Å²) in [5.74, 6) is 0.904. The average molecular weight is 530 g/mol. The average Bonchev–Trinajstić information content (AvgIpc) is 3.46. The first-order chi connectivity index (χ1) is 20.2. The number of fused-ring (bicyclic) bond motifs is 5. The van der Waals surface area contributed by atoms with Gasteiger partial charge in [0.05, 0.1) is 33.8 Å². The fraction of sp³-hybridized carbons (Fsp3) is 0.0556. The monoisotopic (exact) mass is 529 g/mol. The van der Waals surface area contributed by atoms with E-state index in [1.54, 1.807) is 0 Å². The molecule has 3 aromatic heterocycles. The lowest BCUT2D eigenvalue weighted by atomic mass is 10.1. The number of nitrogens with zero attached hydrogens (tertiary/aromatic N) is 5. The van der Waals surface area contributed by atoms with E-state index < -0.39 is 0 Å². The molecule has 0 aliphatic carbocycles. The first-order valence-electron chi connectivity index (χ1n) is 13.9. The van der Waals surface area contributed by atoms with Gasteiger partial charge in [-0.05, 0) is 79.6 Å². The van der Waals surface area contributed by atoms with Gasteiger partial charge < -0.3 is 4.90 Å². The Bertz CT molecular complexity index is 2130. The minimum atomic E-state index is 0.904. The number of rotatable bonds is 3. The molecule has 5 nitrogen and oxygen atoms in total. The van der Waals surface area contributed by atoms with E-state index >= 15 is 0 Å². The van der Waals surface area contributed by atoms with Crippen molar-refractivity contribution in [2.75, 3.05) is 4.90 Å². The quantitative estimate of drug-likeness (QED) is 0.229. The number of hydrogen-bond donors (Lipinski definition) is 0. The lowest BCUT2D eigenvalue weighted by molar-refractivity contribution is 0.833. The Labute approximate surface area is 238 Å². The third kappa shape index (κ3) is 3.70. The van der Waals surface area contributed by atoms with Crippen molar-refractivity contribution in [2.45, 2.75) is 13.8 Å². The molecule has 0 amide bonds. The smallest absolute Gasteiger partial charge is 0.137 e. The van der Waals surface area contributed by atoms with Gasteiger partial charge >= 0.3 is 0 Å². The van der Waals surface area contributed by atoms with E-state index in [-0.39, 0.29) is 0 Å². The predicted molar refractivity (Wildman–Crippen MR) is 169 cm³/mol. The van der Waals surface area contributed by atoms with Gasteiger partial charge in [0.15, 0.2) is 0 Å². The summed E-state index contributed by atoms with van der Waals surface area (Å²) in [6.07, 6.45) is 6.27. The molecule has 41 heavy (non-hydrogen) atoms. The largest absolute Gasteiger partial charge is 0.309 e. The van der Waals surface area contributed by atoms with Gasteiger partial charge in [0, 0.05) is 28.4 Å². The molecule has 0 radical (unpaired) electrons. The lowest BCUT2D eigenvalue weighted by Crippen LogP contribution is -2.13. The van der Waals surface area contributed by atoms with Gasteiger partial charge in [-0.25, -0.2) is 9.67 Å². The van der Waals surface area contributed by atoms with Gasteiger partial charge in [0.25, 0.3) is 0 Å². The highest BCUT2D eigenvalue weighted by Crippen LogP contribution is 2.44. The molecule has 0 saturated carbocycles. The molecular weight excluding hydrogens is 502 g/mol. The molecule has 8 rings (SSSR count). The summed E-state index contributed by atoms with van der Waals surface area (Å²) in [5, 5.41) is 7.19. The molecule has 0 fully saturated rings. The maximum atomic E-state index is 4.78. The van der Waals surface area contributed by atoms with Crippen molar-refractivity contribution in [3.05, 3.63) is 138 Å². The van der Waals surface area contributed by atoms with Crippen LogP contribution in [0.4, 0.5) is 17.1 Å². The molecule has 0 unspecified atom stereocenters. The first kappa shape index (κ1) is 23.5. The molecule has 0 bridgehead atoms. The third-order valence-corrected chi connectivity index (χ3v) is 7.92. The second-order valence-corrected chi connectivity index (χ2v) is 10.6. The number of aryl methyl sites for hydroxylation is 2. The van der Waals surface area contributed by atoms with Crippen LogP contribution in [0.25, 0.3) is 45.5 Å². The number of hydrogen-bond acceptors (Lipinski definition) is 3. The molecule has 1 aliphatic rings. The van der Waals surface area contributed by atoms with Gasteiger partial charge in [0.1, 0.15) is 5.82 Å².